The quantitative estimate of drug-likeness (QED) is 0.290. The van der Waals surface area contributed by atoms with Gasteiger partial charge in [-0.05, 0) is 51.6 Å². The number of nitrogens with two attached hydrogens (primary N) is 1. The first-order valence-corrected chi connectivity index (χ1v) is 15.6. The zero-order valence-electron chi connectivity index (χ0n) is 23.6. The second-order valence-electron chi connectivity index (χ2n) is 12.3. The van der Waals surface area contributed by atoms with Crippen molar-refractivity contribution in [2.24, 2.45) is 0 Å². The summed E-state index contributed by atoms with van der Waals surface area (Å²) in [6, 6.07) is 0.723. The molecule has 0 aliphatic carbocycles. The molecule has 0 radical (unpaired) electrons. The number of thiazole rings is 1. The number of alkyl halides is 3. The van der Waals surface area contributed by atoms with Gasteiger partial charge in [-0.3, -0.25) is 9.88 Å². The van der Waals surface area contributed by atoms with Gasteiger partial charge in [-0.1, -0.05) is 11.3 Å². The largest absolute Gasteiger partial charge is 0.461 e. The highest BCUT2D eigenvalue weighted by atomic mass is 32.1. The molecule has 0 amide bonds. The number of aromatic nitrogens is 4. The van der Waals surface area contributed by atoms with Crippen LogP contribution >= 0.6 is 11.3 Å². The smallest absolute Gasteiger partial charge is 0.420 e. The zero-order valence-corrected chi connectivity index (χ0v) is 24.4. The average molecular weight is 633 g/mol. The third kappa shape index (κ3) is 4.45. The summed E-state index contributed by atoms with van der Waals surface area (Å²) in [7, 11) is 0. The summed E-state index contributed by atoms with van der Waals surface area (Å²) in [5.41, 5.74) is 2.21. The van der Waals surface area contributed by atoms with Crippen LogP contribution in [0.1, 0.15) is 44.1 Å². The third-order valence-corrected chi connectivity index (χ3v) is 10.5. The fourth-order valence-corrected chi connectivity index (χ4v) is 8.45. The second-order valence-corrected chi connectivity index (χ2v) is 13.3. The number of rotatable bonds is 5. The van der Waals surface area contributed by atoms with Crippen LogP contribution < -0.4 is 20.7 Å². The lowest BCUT2D eigenvalue weighted by atomic mass is 9.95. The van der Waals surface area contributed by atoms with Crippen molar-refractivity contribution in [2.75, 3.05) is 43.4 Å². The molecule has 2 unspecified atom stereocenters. The fraction of sp³-hybridized carbons (Fsp3) is 0.517. The van der Waals surface area contributed by atoms with Crippen LogP contribution in [0.15, 0.2) is 12.3 Å². The highest BCUT2D eigenvalue weighted by Crippen LogP contribution is 2.46. The molecule has 9 nitrogen and oxygen atoms in total. The Labute approximate surface area is 252 Å². The van der Waals surface area contributed by atoms with E-state index in [1.54, 1.807) is 0 Å². The number of halogens is 5. The van der Waals surface area contributed by atoms with E-state index in [0.717, 1.165) is 63.0 Å². The van der Waals surface area contributed by atoms with Crippen molar-refractivity contribution in [3.63, 3.8) is 0 Å². The van der Waals surface area contributed by atoms with Crippen LogP contribution in [0.2, 0.25) is 0 Å². The fourth-order valence-electron chi connectivity index (χ4n) is 7.70. The molecule has 0 saturated carbocycles. The molecule has 0 spiro atoms. The molecule has 1 aromatic carbocycles. The minimum absolute atomic E-state index is 0.0767. The summed E-state index contributed by atoms with van der Waals surface area (Å²) in [6.45, 7) is 3.28. The van der Waals surface area contributed by atoms with Gasteiger partial charge in [0.1, 0.15) is 29.6 Å². The van der Waals surface area contributed by atoms with Crippen molar-refractivity contribution in [1.82, 2.24) is 30.2 Å². The molecule has 2 bridgehead atoms. The van der Waals surface area contributed by atoms with Gasteiger partial charge >= 0.3 is 12.2 Å². The molecule has 44 heavy (non-hydrogen) atoms. The molecule has 8 rings (SSSR count). The van der Waals surface area contributed by atoms with E-state index in [1.165, 1.54) is 6.20 Å². The van der Waals surface area contributed by atoms with Crippen LogP contribution in [0.3, 0.4) is 0 Å². The number of nitrogen functional groups attached to an aromatic ring is 1. The van der Waals surface area contributed by atoms with Crippen LogP contribution in [-0.2, 0) is 6.18 Å². The zero-order chi connectivity index (χ0) is 30.4. The second kappa shape index (κ2) is 10.0. The van der Waals surface area contributed by atoms with Gasteiger partial charge < -0.3 is 20.7 Å². The van der Waals surface area contributed by atoms with E-state index >= 15 is 17.6 Å². The van der Waals surface area contributed by atoms with Gasteiger partial charge in [-0.15, -0.1) is 0 Å². The first-order valence-electron chi connectivity index (χ1n) is 14.8. The number of nitrogens with zero attached hydrogens (tertiary/aromatic N) is 6. The van der Waals surface area contributed by atoms with Crippen molar-refractivity contribution >= 4 is 43.4 Å². The molecule has 4 fully saturated rings. The van der Waals surface area contributed by atoms with E-state index in [1.807, 2.05) is 4.90 Å². The molecule has 2 atom stereocenters. The van der Waals surface area contributed by atoms with E-state index in [-0.39, 0.29) is 51.0 Å². The predicted molar refractivity (Wildman–Crippen MR) is 156 cm³/mol. The molecule has 7 heterocycles. The summed E-state index contributed by atoms with van der Waals surface area (Å²) < 4.78 is 81.4. The number of fused-ring (bicyclic) bond motifs is 5. The molecule has 232 valence electrons. The van der Waals surface area contributed by atoms with Crippen LogP contribution in [0.25, 0.3) is 32.4 Å². The molecule has 4 aliphatic heterocycles. The Balaban J connectivity index is 1.33. The van der Waals surface area contributed by atoms with Gasteiger partial charge in [0, 0.05) is 37.4 Å². The standard InChI is InChI=1S/C29H29F5N8OS/c30-17-9-18(31)24-23(38-26(35)44-24)19(17)22-20(29(32,33)34)21-16(10-36-22)25(41-11-14-3-4-15(12-41)37-14)40-27(39-21)43-13-28-5-1-7-42(28)8-2-6-28/h9-10,14-15,37H,1-8,11-13H2,(H2,35,38). The van der Waals surface area contributed by atoms with Crippen molar-refractivity contribution in [2.45, 2.75) is 62.3 Å². The van der Waals surface area contributed by atoms with Gasteiger partial charge in [-0.2, -0.15) is 23.1 Å². The minimum atomic E-state index is -5.02. The number of anilines is 2. The molecule has 15 heteroatoms. The summed E-state index contributed by atoms with van der Waals surface area (Å²) in [5.74, 6) is -1.91. The topological polar surface area (TPSA) is 105 Å². The van der Waals surface area contributed by atoms with E-state index in [4.69, 9.17) is 10.5 Å². The lowest BCUT2D eigenvalue weighted by Crippen LogP contribution is -2.51. The number of piperazine rings is 1. The van der Waals surface area contributed by atoms with Crippen molar-refractivity contribution in [1.29, 1.82) is 0 Å². The van der Waals surface area contributed by atoms with Gasteiger partial charge in [0.05, 0.1) is 37.9 Å². The van der Waals surface area contributed by atoms with Crippen molar-refractivity contribution < 1.29 is 26.7 Å². The Morgan fingerprint density at radius 3 is 2.45 bits per heavy atom. The highest BCUT2D eigenvalue weighted by molar-refractivity contribution is 7.22. The lowest BCUT2D eigenvalue weighted by Gasteiger charge is -2.35. The van der Waals surface area contributed by atoms with Crippen molar-refractivity contribution in [3.8, 4) is 17.3 Å². The predicted octanol–water partition coefficient (Wildman–Crippen LogP) is 5.13. The molecule has 4 aliphatic rings. The van der Waals surface area contributed by atoms with E-state index < -0.39 is 40.1 Å². The Morgan fingerprint density at radius 2 is 1.75 bits per heavy atom. The number of ether oxygens (including phenoxy) is 1. The normalized spacial score (nSPS) is 23.2. The summed E-state index contributed by atoms with van der Waals surface area (Å²) in [4.78, 5) is 21.5. The summed E-state index contributed by atoms with van der Waals surface area (Å²) >= 11 is 0.723. The molecular formula is C29H29F5N8OS. The molecule has 4 aromatic rings. The number of benzene rings is 1. The van der Waals surface area contributed by atoms with Crippen LogP contribution in [0.4, 0.5) is 32.9 Å². The van der Waals surface area contributed by atoms with Gasteiger partial charge in [0.2, 0.25) is 0 Å². The monoisotopic (exact) mass is 632 g/mol. The Bertz CT molecular complexity index is 1780. The summed E-state index contributed by atoms with van der Waals surface area (Å²) in [6.07, 6.45) is 2.07. The Morgan fingerprint density at radius 1 is 1.02 bits per heavy atom. The maximum absolute atomic E-state index is 15.4. The highest BCUT2D eigenvalue weighted by Gasteiger charge is 2.46. The molecule has 3 N–H and O–H groups in total. The summed E-state index contributed by atoms with van der Waals surface area (Å²) in [5, 5.41) is 3.50. The van der Waals surface area contributed by atoms with Crippen LogP contribution in [0.5, 0.6) is 6.01 Å². The number of nitrogens with one attached hydrogen (secondary N) is 1. The SMILES string of the molecule is Nc1nc2c(-c3ncc4c(N5CC6CCC(C5)N6)nc(OCC56CCCN5CCC6)nc4c3C(F)(F)F)c(F)cc(F)c2s1. The molecular weight excluding hydrogens is 603 g/mol. The molecule has 4 saturated heterocycles. The van der Waals surface area contributed by atoms with E-state index in [9.17, 15) is 4.39 Å². The van der Waals surface area contributed by atoms with Crippen LogP contribution in [-0.4, -0.2) is 75.2 Å². The first-order chi connectivity index (χ1) is 21.1. The Hall–Kier alpha value is -3.43. The van der Waals surface area contributed by atoms with Gasteiger partial charge in [-0.25, -0.2) is 13.8 Å². The maximum Gasteiger partial charge on any atom is 0.420 e. The molecule has 3 aromatic heterocycles. The van der Waals surface area contributed by atoms with Crippen LogP contribution in [0, 0.1) is 11.6 Å². The van der Waals surface area contributed by atoms with Gasteiger partial charge in [0.25, 0.3) is 0 Å². The maximum atomic E-state index is 15.4. The lowest BCUT2D eigenvalue weighted by molar-refractivity contribution is -0.136. The minimum Gasteiger partial charge on any atom is -0.461 e. The Kier molecular flexibility index (Phi) is 6.41. The van der Waals surface area contributed by atoms with E-state index in [2.05, 4.69) is 30.2 Å². The average Bonchev–Trinajstić information content (AvgIpc) is 3.73. The number of hydrogen-bond donors (Lipinski definition) is 2. The number of hydrogen-bond acceptors (Lipinski definition) is 10. The van der Waals surface area contributed by atoms with Crippen molar-refractivity contribution in [3.05, 3.63) is 29.5 Å². The van der Waals surface area contributed by atoms with Gasteiger partial charge in [0.15, 0.2) is 5.13 Å². The number of pyridine rings is 1. The van der Waals surface area contributed by atoms with E-state index in [0.29, 0.717) is 25.0 Å². The first kappa shape index (κ1) is 28.1. The third-order valence-electron chi connectivity index (χ3n) is 9.61.